The molecule has 0 radical (unpaired) electrons. The van der Waals surface area contributed by atoms with E-state index in [1.807, 2.05) is 43.4 Å². The number of likely N-dealkylation sites (N-methyl/N-ethyl adjacent to an activating group) is 1. The highest BCUT2D eigenvalue weighted by Crippen LogP contribution is 2.16. The van der Waals surface area contributed by atoms with Crippen molar-refractivity contribution >= 4 is 0 Å². The molecule has 4 nitrogen and oxygen atoms in total. The molecule has 84 valence electrons. The first-order valence-corrected chi connectivity index (χ1v) is 5.25. The standard InChI is InChI=1S/C12H15N3O/c1-13-9-12(16)11-7-8-14-15(11)10-5-3-2-4-6-10/h2-8,12-13,16H,9H2,1H3. The fraction of sp³-hybridized carbons (Fsp3) is 0.250. The van der Waals surface area contributed by atoms with E-state index in [9.17, 15) is 5.11 Å². The predicted molar refractivity (Wildman–Crippen MR) is 62.5 cm³/mol. The zero-order valence-electron chi connectivity index (χ0n) is 9.17. The molecule has 2 N–H and O–H groups in total. The van der Waals surface area contributed by atoms with E-state index in [1.54, 1.807) is 10.9 Å². The molecule has 0 fully saturated rings. The van der Waals surface area contributed by atoms with Gasteiger partial charge in [-0.2, -0.15) is 5.10 Å². The van der Waals surface area contributed by atoms with Crippen LogP contribution in [0.5, 0.6) is 0 Å². The maximum atomic E-state index is 9.93. The van der Waals surface area contributed by atoms with Crippen LogP contribution in [0.25, 0.3) is 5.69 Å². The predicted octanol–water partition coefficient (Wildman–Crippen LogP) is 1.13. The maximum Gasteiger partial charge on any atom is 0.108 e. The Bertz CT molecular complexity index is 439. The summed E-state index contributed by atoms with van der Waals surface area (Å²) in [4.78, 5) is 0. The molecule has 0 aliphatic rings. The number of hydrogen-bond acceptors (Lipinski definition) is 3. The van der Waals surface area contributed by atoms with Gasteiger partial charge in [0.05, 0.1) is 11.4 Å². The molecule has 1 atom stereocenters. The lowest BCUT2D eigenvalue weighted by molar-refractivity contribution is 0.170. The monoisotopic (exact) mass is 217 g/mol. The van der Waals surface area contributed by atoms with Crippen molar-refractivity contribution in [3.8, 4) is 5.69 Å². The van der Waals surface area contributed by atoms with Gasteiger partial charge in [-0.3, -0.25) is 0 Å². The second-order valence-corrected chi connectivity index (χ2v) is 3.58. The van der Waals surface area contributed by atoms with Crippen LogP contribution in [0.3, 0.4) is 0 Å². The zero-order chi connectivity index (χ0) is 11.4. The first kappa shape index (κ1) is 10.9. The first-order valence-electron chi connectivity index (χ1n) is 5.25. The Hall–Kier alpha value is -1.65. The van der Waals surface area contributed by atoms with Crippen LogP contribution in [-0.4, -0.2) is 28.5 Å². The zero-order valence-corrected chi connectivity index (χ0v) is 9.17. The summed E-state index contributed by atoms with van der Waals surface area (Å²) in [5.41, 5.74) is 1.75. The van der Waals surface area contributed by atoms with E-state index in [-0.39, 0.29) is 0 Å². The average Bonchev–Trinajstić information content (AvgIpc) is 2.79. The number of para-hydroxylation sites is 1. The third-order valence-corrected chi connectivity index (χ3v) is 2.41. The van der Waals surface area contributed by atoms with Gasteiger partial charge in [0.15, 0.2) is 0 Å². The van der Waals surface area contributed by atoms with Gasteiger partial charge in [-0.05, 0) is 25.2 Å². The highest BCUT2D eigenvalue weighted by molar-refractivity contribution is 5.32. The molecule has 0 bridgehead atoms. The molecule has 0 aliphatic heterocycles. The van der Waals surface area contributed by atoms with E-state index in [4.69, 9.17) is 0 Å². The van der Waals surface area contributed by atoms with E-state index in [2.05, 4.69) is 10.4 Å². The molecule has 2 aromatic rings. The van der Waals surface area contributed by atoms with Crippen molar-refractivity contribution in [1.82, 2.24) is 15.1 Å². The van der Waals surface area contributed by atoms with Crippen molar-refractivity contribution in [3.63, 3.8) is 0 Å². The van der Waals surface area contributed by atoms with Crippen LogP contribution in [0.2, 0.25) is 0 Å². The van der Waals surface area contributed by atoms with Gasteiger partial charge in [0.2, 0.25) is 0 Å². The third kappa shape index (κ3) is 2.13. The summed E-state index contributed by atoms with van der Waals surface area (Å²) >= 11 is 0. The summed E-state index contributed by atoms with van der Waals surface area (Å²) < 4.78 is 1.75. The fourth-order valence-electron chi connectivity index (χ4n) is 1.65. The first-order chi connectivity index (χ1) is 7.83. The molecule has 0 aliphatic carbocycles. The van der Waals surface area contributed by atoms with Gasteiger partial charge in [0.25, 0.3) is 0 Å². The van der Waals surface area contributed by atoms with Crippen molar-refractivity contribution in [2.24, 2.45) is 0 Å². The van der Waals surface area contributed by atoms with Crippen LogP contribution in [0.15, 0.2) is 42.6 Å². The third-order valence-electron chi connectivity index (χ3n) is 2.41. The van der Waals surface area contributed by atoms with Gasteiger partial charge >= 0.3 is 0 Å². The quantitative estimate of drug-likeness (QED) is 0.807. The van der Waals surface area contributed by atoms with Gasteiger partial charge in [-0.1, -0.05) is 18.2 Å². The van der Waals surface area contributed by atoms with Crippen molar-refractivity contribution in [1.29, 1.82) is 0 Å². The number of nitrogens with zero attached hydrogens (tertiary/aromatic N) is 2. The van der Waals surface area contributed by atoms with Crippen LogP contribution < -0.4 is 5.32 Å². The highest BCUT2D eigenvalue weighted by Gasteiger charge is 2.12. The number of nitrogens with one attached hydrogen (secondary N) is 1. The van der Waals surface area contributed by atoms with Gasteiger partial charge < -0.3 is 10.4 Å². The topological polar surface area (TPSA) is 50.1 Å². The van der Waals surface area contributed by atoms with E-state index in [1.165, 1.54) is 0 Å². The second-order valence-electron chi connectivity index (χ2n) is 3.58. The van der Waals surface area contributed by atoms with Crippen molar-refractivity contribution in [3.05, 3.63) is 48.3 Å². The molecule has 2 rings (SSSR count). The van der Waals surface area contributed by atoms with Crippen molar-refractivity contribution in [2.45, 2.75) is 6.10 Å². The molecule has 1 aromatic heterocycles. The number of aromatic nitrogens is 2. The Morgan fingerprint density at radius 3 is 2.75 bits per heavy atom. The molecule has 4 heteroatoms. The lowest BCUT2D eigenvalue weighted by atomic mass is 10.2. The Morgan fingerprint density at radius 2 is 2.06 bits per heavy atom. The summed E-state index contributed by atoms with van der Waals surface area (Å²) in [7, 11) is 1.81. The van der Waals surface area contributed by atoms with E-state index in [0.717, 1.165) is 11.4 Å². The van der Waals surface area contributed by atoms with Gasteiger partial charge in [0.1, 0.15) is 6.10 Å². The lowest BCUT2D eigenvalue weighted by Gasteiger charge is -2.12. The molecule has 0 saturated heterocycles. The van der Waals surface area contributed by atoms with E-state index in [0.29, 0.717) is 6.54 Å². The van der Waals surface area contributed by atoms with Crippen LogP contribution in [0.4, 0.5) is 0 Å². The molecular formula is C12H15N3O. The molecule has 0 saturated carbocycles. The SMILES string of the molecule is CNCC(O)c1ccnn1-c1ccccc1. The van der Waals surface area contributed by atoms with Gasteiger partial charge in [-0.25, -0.2) is 4.68 Å². The molecular weight excluding hydrogens is 202 g/mol. The van der Waals surface area contributed by atoms with Crippen LogP contribution >= 0.6 is 0 Å². The molecule has 1 aromatic carbocycles. The number of rotatable bonds is 4. The van der Waals surface area contributed by atoms with E-state index >= 15 is 0 Å². The summed E-state index contributed by atoms with van der Waals surface area (Å²) in [6, 6.07) is 11.6. The summed E-state index contributed by atoms with van der Waals surface area (Å²) in [6.45, 7) is 0.512. The number of hydrogen-bond donors (Lipinski definition) is 2. The van der Waals surface area contributed by atoms with Crippen LogP contribution in [-0.2, 0) is 0 Å². The Labute approximate surface area is 94.5 Å². The molecule has 1 unspecified atom stereocenters. The number of aliphatic hydroxyl groups is 1. The average molecular weight is 217 g/mol. The van der Waals surface area contributed by atoms with Crippen LogP contribution in [0, 0.1) is 0 Å². The van der Waals surface area contributed by atoms with Gasteiger partial charge in [0, 0.05) is 12.7 Å². The number of aliphatic hydroxyl groups excluding tert-OH is 1. The minimum Gasteiger partial charge on any atom is -0.385 e. The molecule has 0 amide bonds. The number of benzene rings is 1. The van der Waals surface area contributed by atoms with E-state index < -0.39 is 6.10 Å². The minimum atomic E-state index is -0.548. The molecule has 16 heavy (non-hydrogen) atoms. The largest absolute Gasteiger partial charge is 0.385 e. The molecule has 1 heterocycles. The Morgan fingerprint density at radius 1 is 1.31 bits per heavy atom. The Kier molecular flexibility index (Phi) is 3.34. The molecule has 0 spiro atoms. The normalized spacial score (nSPS) is 12.6. The van der Waals surface area contributed by atoms with Gasteiger partial charge in [-0.15, -0.1) is 0 Å². The van der Waals surface area contributed by atoms with Crippen molar-refractivity contribution in [2.75, 3.05) is 13.6 Å². The maximum absolute atomic E-state index is 9.93. The summed E-state index contributed by atoms with van der Waals surface area (Å²) in [6.07, 6.45) is 1.15. The summed E-state index contributed by atoms with van der Waals surface area (Å²) in [5.74, 6) is 0. The highest BCUT2D eigenvalue weighted by atomic mass is 16.3. The lowest BCUT2D eigenvalue weighted by Crippen LogP contribution is -2.19. The summed E-state index contributed by atoms with van der Waals surface area (Å²) in [5, 5.41) is 17.1. The Balaban J connectivity index is 2.33. The van der Waals surface area contributed by atoms with Crippen molar-refractivity contribution < 1.29 is 5.11 Å². The minimum absolute atomic E-state index is 0.512. The smallest absolute Gasteiger partial charge is 0.108 e. The van der Waals surface area contributed by atoms with Crippen LogP contribution in [0.1, 0.15) is 11.8 Å². The fourth-order valence-corrected chi connectivity index (χ4v) is 1.65. The second kappa shape index (κ2) is 4.92.